The number of hydrogen-bond acceptors (Lipinski definition) is 3. The maximum absolute atomic E-state index is 5.79. The Morgan fingerprint density at radius 2 is 1.91 bits per heavy atom. The van der Waals surface area contributed by atoms with Gasteiger partial charge in [-0.2, -0.15) is 0 Å². The molecule has 0 unspecified atom stereocenters. The van der Waals surface area contributed by atoms with Crippen LogP contribution in [0.15, 0.2) is 29.3 Å². The Balaban J connectivity index is 0.00000441. The van der Waals surface area contributed by atoms with Crippen molar-refractivity contribution in [1.29, 1.82) is 0 Å². The predicted octanol–water partition coefficient (Wildman–Crippen LogP) is 2.67. The summed E-state index contributed by atoms with van der Waals surface area (Å²) >= 11 is 0. The first-order chi connectivity index (χ1) is 10.1. The molecule has 5 nitrogen and oxygen atoms in total. The summed E-state index contributed by atoms with van der Waals surface area (Å²) in [5, 5.41) is 3.07. The molecule has 0 bridgehead atoms. The first kappa shape index (κ1) is 21.1. The van der Waals surface area contributed by atoms with Crippen molar-refractivity contribution < 1.29 is 9.47 Å². The molecule has 0 heterocycles. The molecule has 1 rings (SSSR count). The maximum Gasteiger partial charge on any atom is 0.189 e. The summed E-state index contributed by atoms with van der Waals surface area (Å²) in [6, 6.07) is 8.48. The molecule has 0 atom stereocenters. The molecule has 0 saturated carbocycles. The van der Waals surface area contributed by atoms with E-state index in [9.17, 15) is 0 Å². The smallest absolute Gasteiger partial charge is 0.189 e. The first-order valence-corrected chi connectivity index (χ1v) is 7.41. The molecule has 6 heteroatoms. The van der Waals surface area contributed by atoms with Gasteiger partial charge < -0.3 is 20.5 Å². The zero-order valence-electron chi connectivity index (χ0n) is 13.7. The maximum atomic E-state index is 5.79. The van der Waals surface area contributed by atoms with E-state index in [1.54, 1.807) is 0 Å². The topological polar surface area (TPSA) is 68.9 Å². The van der Waals surface area contributed by atoms with E-state index in [2.05, 4.69) is 16.4 Å². The minimum absolute atomic E-state index is 0. The van der Waals surface area contributed by atoms with E-state index in [1.165, 1.54) is 0 Å². The lowest BCUT2D eigenvalue weighted by molar-refractivity contribution is 0.0453. The fraction of sp³-hybridized carbons (Fsp3) is 0.562. The lowest BCUT2D eigenvalue weighted by Gasteiger charge is -2.09. The van der Waals surface area contributed by atoms with Crippen molar-refractivity contribution in [2.75, 3.05) is 19.8 Å². The van der Waals surface area contributed by atoms with Crippen LogP contribution in [0.1, 0.15) is 31.9 Å². The lowest BCUT2D eigenvalue weighted by Crippen LogP contribution is -2.36. The highest BCUT2D eigenvalue weighted by Crippen LogP contribution is 2.08. The summed E-state index contributed by atoms with van der Waals surface area (Å²) in [7, 11) is 0. The van der Waals surface area contributed by atoms with Gasteiger partial charge in [-0.25, -0.2) is 4.99 Å². The van der Waals surface area contributed by atoms with Crippen molar-refractivity contribution in [3.05, 3.63) is 35.4 Å². The Labute approximate surface area is 150 Å². The van der Waals surface area contributed by atoms with Crippen molar-refractivity contribution in [3.8, 4) is 0 Å². The molecule has 126 valence electrons. The number of halogens is 1. The number of aliphatic imine (C=N–C) groups is 1. The van der Waals surface area contributed by atoms with Crippen LogP contribution < -0.4 is 11.1 Å². The van der Waals surface area contributed by atoms with Crippen molar-refractivity contribution >= 4 is 29.9 Å². The minimum atomic E-state index is 0. The normalized spacial score (nSPS) is 11.4. The average Bonchev–Trinajstić information content (AvgIpc) is 2.45. The summed E-state index contributed by atoms with van der Waals surface area (Å²) < 4.78 is 10.8. The number of ether oxygens (including phenoxy) is 2. The van der Waals surface area contributed by atoms with E-state index >= 15 is 0 Å². The van der Waals surface area contributed by atoms with Crippen molar-refractivity contribution in [1.82, 2.24) is 5.32 Å². The van der Waals surface area contributed by atoms with Crippen LogP contribution in [-0.2, 0) is 22.6 Å². The molecule has 0 radical (unpaired) electrons. The van der Waals surface area contributed by atoms with Gasteiger partial charge in [-0.15, -0.1) is 24.0 Å². The standard InChI is InChI=1S/C16H27N3O2.HI/c1-4-20-8-9-21-12-15-7-5-6-14(10-15)11-18-16(17)19-13(2)3;/h5-7,10,13H,4,8-9,11-12H2,1-3H3,(H3,17,18,19);1H. The van der Waals surface area contributed by atoms with Gasteiger partial charge in [0.2, 0.25) is 0 Å². The fourth-order valence-corrected chi connectivity index (χ4v) is 1.79. The van der Waals surface area contributed by atoms with Gasteiger partial charge in [0.15, 0.2) is 5.96 Å². The third kappa shape index (κ3) is 9.97. The SMILES string of the molecule is CCOCCOCc1cccc(CN=C(N)NC(C)C)c1.I. The fourth-order valence-electron chi connectivity index (χ4n) is 1.79. The van der Waals surface area contributed by atoms with E-state index < -0.39 is 0 Å². The molecule has 1 aromatic rings. The van der Waals surface area contributed by atoms with E-state index in [4.69, 9.17) is 15.2 Å². The Morgan fingerprint density at radius 1 is 1.23 bits per heavy atom. The third-order valence-corrected chi connectivity index (χ3v) is 2.70. The Kier molecular flexibility index (Phi) is 12.2. The molecular weight excluding hydrogens is 393 g/mol. The molecule has 0 amide bonds. The van der Waals surface area contributed by atoms with Gasteiger partial charge in [0, 0.05) is 12.6 Å². The van der Waals surface area contributed by atoms with Gasteiger partial charge in [-0.05, 0) is 31.9 Å². The van der Waals surface area contributed by atoms with Gasteiger partial charge in [0.1, 0.15) is 0 Å². The van der Waals surface area contributed by atoms with Crippen LogP contribution in [0, 0.1) is 0 Å². The largest absolute Gasteiger partial charge is 0.379 e. The van der Waals surface area contributed by atoms with Crippen molar-refractivity contribution in [2.45, 2.75) is 40.0 Å². The van der Waals surface area contributed by atoms with Crippen molar-refractivity contribution in [3.63, 3.8) is 0 Å². The van der Waals surface area contributed by atoms with E-state index in [0.29, 0.717) is 38.4 Å². The molecular formula is C16H28IN3O2. The number of rotatable bonds is 9. The Morgan fingerprint density at radius 3 is 2.59 bits per heavy atom. The van der Waals surface area contributed by atoms with E-state index in [0.717, 1.165) is 17.7 Å². The molecule has 0 aliphatic rings. The van der Waals surface area contributed by atoms with Gasteiger partial charge in [-0.1, -0.05) is 24.3 Å². The Hall–Kier alpha value is -0.860. The van der Waals surface area contributed by atoms with Crippen LogP contribution >= 0.6 is 24.0 Å². The number of hydrogen-bond donors (Lipinski definition) is 2. The molecule has 0 aromatic heterocycles. The highest BCUT2D eigenvalue weighted by Gasteiger charge is 1.98. The predicted molar refractivity (Wildman–Crippen MR) is 102 cm³/mol. The summed E-state index contributed by atoms with van der Waals surface area (Å²) in [5.41, 5.74) is 8.04. The summed E-state index contributed by atoms with van der Waals surface area (Å²) in [5.74, 6) is 0.475. The number of guanidine groups is 1. The second-order valence-corrected chi connectivity index (χ2v) is 5.07. The highest BCUT2D eigenvalue weighted by atomic mass is 127. The molecule has 1 aromatic carbocycles. The number of nitrogens with one attached hydrogen (secondary N) is 1. The van der Waals surface area contributed by atoms with Crippen LogP contribution in [0.3, 0.4) is 0 Å². The van der Waals surface area contributed by atoms with Crippen LogP contribution in [0.5, 0.6) is 0 Å². The molecule has 22 heavy (non-hydrogen) atoms. The molecule has 0 saturated heterocycles. The second kappa shape index (κ2) is 12.7. The lowest BCUT2D eigenvalue weighted by atomic mass is 10.1. The van der Waals surface area contributed by atoms with Crippen LogP contribution in [0.25, 0.3) is 0 Å². The Bertz CT molecular complexity index is 439. The zero-order chi connectivity index (χ0) is 15.5. The van der Waals surface area contributed by atoms with Gasteiger partial charge in [0.05, 0.1) is 26.4 Å². The molecule has 0 spiro atoms. The molecule has 0 aliphatic heterocycles. The molecule has 3 N–H and O–H groups in total. The number of benzene rings is 1. The van der Waals surface area contributed by atoms with Crippen LogP contribution in [0.2, 0.25) is 0 Å². The van der Waals surface area contributed by atoms with Gasteiger partial charge >= 0.3 is 0 Å². The second-order valence-electron chi connectivity index (χ2n) is 5.07. The van der Waals surface area contributed by atoms with Crippen LogP contribution in [0.4, 0.5) is 0 Å². The van der Waals surface area contributed by atoms with Crippen LogP contribution in [-0.4, -0.2) is 31.8 Å². The summed E-state index contributed by atoms with van der Waals surface area (Å²) in [6.45, 7) is 9.17. The summed E-state index contributed by atoms with van der Waals surface area (Å²) in [4.78, 5) is 4.32. The number of nitrogens with zero attached hydrogens (tertiary/aromatic N) is 1. The molecule has 0 aliphatic carbocycles. The molecule has 0 fully saturated rings. The van der Waals surface area contributed by atoms with Gasteiger partial charge in [0.25, 0.3) is 0 Å². The zero-order valence-corrected chi connectivity index (χ0v) is 16.0. The van der Waals surface area contributed by atoms with Crippen molar-refractivity contribution in [2.24, 2.45) is 10.7 Å². The monoisotopic (exact) mass is 421 g/mol. The summed E-state index contributed by atoms with van der Waals surface area (Å²) in [6.07, 6.45) is 0. The quantitative estimate of drug-likeness (QED) is 0.279. The number of nitrogens with two attached hydrogens (primary N) is 1. The van der Waals surface area contributed by atoms with Gasteiger partial charge in [-0.3, -0.25) is 0 Å². The van der Waals surface area contributed by atoms with E-state index in [-0.39, 0.29) is 24.0 Å². The third-order valence-electron chi connectivity index (χ3n) is 2.70. The minimum Gasteiger partial charge on any atom is -0.379 e. The average molecular weight is 421 g/mol. The first-order valence-electron chi connectivity index (χ1n) is 7.41. The highest BCUT2D eigenvalue weighted by molar-refractivity contribution is 14.0. The van der Waals surface area contributed by atoms with E-state index in [1.807, 2.05) is 39.0 Å².